The Hall–Kier alpha value is -1.30. The Kier molecular flexibility index (Phi) is 4.24. The van der Waals surface area contributed by atoms with E-state index in [0.717, 1.165) is 11.5 Å². The van der Waals surface area contributed by atoms with Crippen LogP contribution in [0.1, 0.15) is 74.3 Å². The minimum atomic E-state index is 0.0681. The maximum Gasteiger partial charge on any atom is 0.181 e. The third-order valence-corrected chi connectivity index (χ3v) is 10.1. The average molecular weight is 431 g/mol. The molecule has 0 amide bonds. The number of hydrogen-bond acceptors (Lipinski definition) is 5. The van der Waals surface area contributed by atoms with Gasteiger partial charge in [0, 0.05) is 24.9 Å². The molecule has 4 heterocycles. The van der Waals surface area contributed by atoms with Gasteiger partial charge in [-0.1, -0.05) is 41.5 Å². The molecule has 5 rings (SSSR count). The topological polar surface area (TPSA) is 18.5 Å². The molecule has 3 aromatic heterocycles. The Balaban J connectivity index is 1.67. The highest BCUT2D eigenvalue weighted by atomic mass is 32.1. The second-order valence-electron chi connectivity index (χ2n) is 8.83. The molecule has 0 spiro atoms. The molecule has 3 aromatic rings. The summed E-state index contributed by atoms with van der Waals surface area (Å²) in [5.74, 6) is 2.97. The van der Waals surface area contributed by atoms with Crippen LogP contribution >= 0.6 is 34.0 Å². The van der Waals surface area contributed by atoms with Crippen LogP contribution in [0.5, 0.6) is 11.5 Å². The molecule has 5 heteroatoms. The normalized spacial score (nSPS) is 16.7. The van der Waals surface area contributed by atoms with Gasteiger partial charge in [0.05, 0.1) is 9.75 Å². The largest absolute Gasteiger partial charge is 0.485 e. The Morgan fingerprint density at radius 3 is 2.11 bits per heavy atom. The first-order valence-electron chi connectivity index (χ1n) is 10.0. The van der Waals surface area contributed by atoms with Crippen molar-refractivity contribution < 1.29 is 9.47 Å². The fourth-order valence-corrected chi connectivity index (χ4v) is 8.21. The van der Waals surface area contributed by atoms with Gasteiger partial charge in [-0.05, 0) is 35.1 Å². The van der Waals surface area contributed by atoms with Crippen molar-refractivity contribution in [3.05, 3.63) is 33.0 Å². The molecule has 0 radical (unpaired) electrons. The Bertz CT molecular complexity index is 1060. The van der Waals surface area contributed by atoms with E-state index in [1.54, 1.807) is 0 Å². The van der Waals surface area contributed by atoms with Crippen molar-refractivity contribution >= 4 is 34.0 Å². The highest BCUT2D eigenvalue weighted by Crippen LogP contribution is 2.60. The summed E-state index contributed by atoms with van der Waals surface area (Å²) >= 11 is 5.76. The van der Waals surface area contributed by atoms with Gasteiger partial charge < -0.3 is 9.47 Å². The van der Waals surface area contributed by atoms with Crippen LogP contribution < -0.4 is 9.47 Å². The molecule has 2 nitrogen and oxygen atoms in total. The third-order valence-electron chi connectivity index (χ3n) is 5.78. The maximum absolute atomic E-state index is 6.09. The first kappa shape index (κ1) is 18.7. The SMILES string of the molecule is CC(C)c1cc2c(s1)-c1sc(-c3sc(C(C)C)c4c3OCCO4)cc1C2(C)C. The molecule has 148 valence electrons. The highest BCUT2D eigenvalue weighted by molar-refractivity contribution is 7.27. The number of thiophene rings is 3. The Morgan fingerprint density at radius 1 is 0.786 bits per heavy atom. The highest BCUT2D eigenvalue weighted by Gasteiger charge is 2.40. The van der Waals surface area contributed by atoms with Crippen LogP contribution in [0, 0.1) is 0 Å². The van der Waals surface area contributed by atoms with Crippen molar-refractivity contribution in [3.8, 4) is 31.0 Å². The summed E-state index contributed by atoms with van der Waals surface area (Å²) in [6.07, 6.45) is 0. The van der Waals surface area contributed by atoms with Crippen molar-refractivity contribution in [1.29, 1.82) is 0 Å². The predicted molar refractivity (Wildman–Crippen MR) is 122 cm³/mol. The molecule has 0 bridgehead atoms. The van der Waals surface area contributed by atoms with E-state index < -0.39 is 0 Å². The zero-order valence-electron chi connectivity index (χ0n) is 17.3. The van der Waals surface area contributed by atoms with Gasteiger partial charge in [0.15, 0.2) is 11.5 Å². The fourth-order valence-electron chi connectivity index (χ4n) is 4.12. The van der Waals surface area contributed by atoms with Gasteiger partial charge in [-0.15, -0.1) is 34.0 Å². The van der Waals surface area contributed by atoms with Crippen LogP contribution in [0.4, 0.5) is 0 Å². The van der Waals surface area contributed by atoms with E-state index in [4.69, 9.17) is 9.47 Å². The lowest BCUT2D eigenvalue weighted by Gasteiger charge is -2.19. The molecule has 0 unspecified atom stereocenters. The Labute approximate surface area is 179 Å². The molecule has 0 fully saturated rings. The summed E-state index contributed by atoms with van der Waals surface area (Å²) in [4.78, 5) is 8.29. The van der Waals surface area contributed by atoms with E-state index in [-0.39, 0.29) is 5.41 Å². The van der Waals surface area contributed by atoms with Crippen LogP contribution in [-0.2, 0) is 5.41 Å². The number of fused-ring (bicyclic) bond motifs is 4. The zero-order valence-corrected chi connectivity index (χ0v) is 19.7. The zero-order chi connectivity index (χ0) is 19.8. The summed E-state index contributed by atoms with van der Waals surface area (Å²) in [6, 6.07) is 4.86. The molecule has 0 saturated heterocycles. The van der Waals surface area contributed by atoms with Gasteiger partial charge in [0.2, 0.25) is 0 Å². The first-order valence-corrected chi connectivity index (χ1v) is 12.5. The fraction of sp³-hybridized carbons (Fsp3) is 0.478. The summed E-state index contributed by atoms with van der Waals surface area (Å²) in [6.45, 7) is 15.1. The molecule has 0 saturated carbocycles. The Morgan fingerprint density at radius 2 is 1.43 bits per heavy atom. The van der Waals surface area contributed by atoms with Gasteiger partial charge in [0.25, 0.3) is 0 Å². The minimum Gasteiger partial charge on any atom is -0.485 e. The first-order chi connectivity index (χ1) is 13.3. The third kappa shape index (κ3) is 2.55. The number of rotatable bonds is 3. The van der Waals surface area contributed by atoms with Gasteiger partial charge in [0.1, 0.15) is 13.2 Å². The molecule has 0 N–H and O–H groups in total. The lowest BCUT2D eigenvalue weighted by Crippen LogP contribution is -2.15. The molecule has 1 aliphatic heterocycles. The molecule has 28 heavy (non-hydrogen) atoms. The van der Waals surface area contributed by atoms with Crippen molar-refractivity contribution in [3.63, 3.8) is 0 Å². The summed E-state index contributed by atoms with van der Waals surface area (Å²) in [7, 11) is 0. The van der Waals surface area contributed by atoms with Gasteiger partial charge in [-0.3, -0.25) is 0 Å². The van der Waals surface area contributed by atoms with Crippen molar-refractivity contribution in [2.45, 2.75) is 58.8 Å². The second kappa shape index (κ2) is 6.35. The average Bonchev–Trinajstić information content (AvgIpc) is 3.37. The van der Waals surface area contributed by atoms with Crippen LogP contribution in [-0.4, -0.2) is 13.2 Å². The molecule has 2 aliphatic rings. The van der Waals surface area contributed by atoms with Gasteiger partial charge in [-0.25, -0.2) is 0 Å². The van der Waals surface area contributed by atoms with E-state index >= 15 is 0 Å². The van der Waals surface area contributed by atoms with Crippen molar-refractivity contribution in [1.82, 2.24) is 0 Å². The van der Waals surface area contributed by atoms with Crippen LogP contribution in [0.15, 0.2) is 12.1 Å². The minimum absolute atomic E-state index is 0.0681. The predicted octanol–water partition coefficient (Wildman–Crippen LogP) is 7.86. The molecular weight excluding hydrogens is 404 g/mol. The van der Waals surface area contributed by atoms with Crippen molar-refractivity contribution in [2.75, 3.05) is 13.2 Å². The lowest BCUT2D eigenvalue weighted by molar-refractivity contribution is 0.172. The van der Waals surface area contributed by atoms with E-state index in [1.165, 1.54) is 40.4 Å². The van der Waals surface area contributed by atoms with Crippen LogP contribution in [0.3, 0.4) is 0 Å². The van der Waals surface area contributed by atoms with E-state index in [9.17, 15) is 0 Å². The number of hydrogen-bond donors (Lipinski definition) is 0. The summed E-state index contributed by atoms with van der Waals surface area (Å²) in [5.41, 5.74) is 3.04. The smallest absolute Gasteiger partial charge is 0.181 e. The van der Waals surface area contributed by atoms with E-state index in [2.05, 4.69) is 53.7 Å². The van der Waals surface area contributed by atoms with Crippen molar-refractivity contribution in [2.24, 2.45) is 0 Å². The number of ether oxygens (including phenoxy) is 2. The van der Waals surface area contributed by atoms with Crippen LogP contribution in [0.25, 0.3) is 19.5 Å². The molecule has 1 aliphatic carbocycles. The summed E-state index contributed by atoms with van der Waals surface area (Å²) < 4.78 is 12.1. The summed E-state index contributed by atoms with van der Waals surface area (Å²) in [5, 5.41) is 0. The monoisotopic (exact) mass is 430 g/mol. The maximum atomic E-state index is 6.09. The quantitative estimate of drug-likeness (QED) is 0.421. The van der Waals surface area contributed by atoms with E-state index in [0.29, 0.717) is 25.0 Å². The van der Waals surface area contributed by atoms with Gasteiger partial charge >= 0.3 is 0 Å². The van der Waals surface area contributed by atoms with Gasteiger partial charge in [-0.2, -0.15) is 0 Å². The van der Waals surface area contributed by atoms with E-state index in [1.807, 2.05) is 34.0 Å². The standard InChI is InChI=1S/C23H26O2S3/c1-11(2)15-9-13-20(26-15)21-14(23(13,5)6)10-16(27-21)22-18-17(24-7-8-25-18)19(28-22)12(3)4/h9-12H,7-8H2,1-6H3. The second-order valence-corrected chi connectivity index (χ2v) is 12.0. The molecule has 0 atom stereocenters. The van der Waals surface area contributed by atoms with Crippen LogP contribution in [0.2, 0.25) is 0 Å². The lowest BCUT2D eigenvalue weighted by atomic mass is 9.83. The molecular formula is C23H26O2S3. The molecule has 0 aromatic carbocycles.